The summed E-state index contributed by atoms with van der Waals surface area (Å²) in [5.74, 6) is 2.74. The van der Waals surface area contributed by atoms with Crippen LogP contribution in [0.2, 0.25) is 29.9 Å². The van der Waals surface area contributed by atoms with E-state index in [0.717, 1.165) is 0 Å². The number of amides is 1. The molecule has 0 atom stereocenters. The van der Waals surface area contributed by atoms with Gasteiger partial charge in [0.2, 0.25) is 11.2 Å². The number of nitrogens with one attached hydrogen (secondary N) is 1. The number of rotatable bonds is 3. The van der Waals surface area contributed by atoms with E-state index in [-0.39, 0.29) is 16.7 Å². The van der Waals surface area contributed by atoms with Crippen LogP contribution in [-0.2, 0) is 0 Å². The molecule has 0 unspecified atom stereocenters. The molecule has 0 aliphatic rings. The van der Waals surface area contributed by atoms with Crippen LogP contribution in [0.5, 0.6) is 5.88 Å². The van der Waals surface area contributed by atoms with Gasteiger partial charge < -0.3 is 10.1 Å². The van der Waals surface area contributed by atoms with Gasteiger partial charge in [-0.1, -0.05) is 43.2 Å². The Labute approximate surface area is 157 Å². The van der Waals surface area contributed by atoms with Gasteiger partial charge in [-0.2, -0.15) is 4.98 Å². The highest BCUT2D eigenvalue weighted by Gasteiger charge is 2.18. The maximum Gasteiger partial charge on any atom is 0.262 e. The minimum atomic E-state index is -1.58. The quantitative estimate of drug-likeness (QED) is 0.480. The Hall–Kier alpha value is -2.07. The van der Waals surface area contributed by atoms with E-state index in [1.165, 1.54) is 13.3 Å². The van der Waals surface area contributed by atoms with Crippen LogP contribution in [-0.4, -0.2) is 31.1 Å². The zero-order valence-corrected chi connectivity index (χ0v) is 16.8. The molecule has 25 heavy (non-hydrogen) atoms. The molecule has 0 bridgehead atoms. The summed E-state index contributed by atoms with van der Waals surface area (Å²) in [7, 11) is -0.178. The Balaban J connectivity index is 2.40. The third kappa shape index (κ3) is 5.20. The number of ether oxygens (including phenoxy) is 1. The highest BCUT2D eigenvalue weighted by Crippen LogP contribution is 2.27. The van der Waals surface area contributed by atoms with Gasteiger partial charge in [-0.15, -0.1) is 5.54 Å². The first-order valence-corrected chi connectivity index (χ1v) is 11.7. The molecule has 1 aromatic heterocycles. The predicted molar refractivity (Wildman–Crippen MR) is 103 cm³/mol. The van der Waals surface area contributed by atoms with Crippen molar-refractivity contribution < 1.29 is 9.53 Å². The van der Waals surface area contributed by atoms with Crippen LogP contribution in [0.15, 0.2) is 24.4 Å². The number of para-hydroxylation sites is 1. The van der Waals surface area contributed by atoms with Crippen molar-refractivity contribution in [2.45, 2.75) is 19.6 Å². The molecule has 0 aliphatic carbocycles. The lowest BCUT2D eigenvalue weighted by Crippen LogP contribution is -2.17. The lowest BCUT2D eigenvalue weighted by molar-refractivity contribution is 0.102. The van der Waals surface area contributed by atoms with Crippen molar-refractivity contribution in [2.75, 3.05) is 12.4 Å². The number of carbonyl (C=O) groups is 1. The molecule has 0 fully saturated rings. The average molecular weight is 394 g/mol. The van der Waals surface area contributed by atoms with Gasteiger partial charge in [0, 0.05) is 11.8 Å². The molecule has 0 spiro atoms. The number of nitrogens with zero attached hydrogens (tertiary/aromatic N) is 2. The SMILES string of the molecule is COc1nc(Cl)ncc1C(=O)Nc1c(Cl)cccc1C#C[Si](C)(C)C. The van der Waals surface area contributed by atoms with Crippen molar-refractivity contribution in [1.82, 2.24) is 9.97 Å². The largest absolute Gasteiger partial charge is 0.480 e. The van der Waals surface area contributed by atoms with Crippen LogP contribution in [0.3, 0.4) is 0 Å². The number of methoxy groups -OCH3 is 1. The molecule has 1 heterocycles. The monoisotopic (exact) mass is 393 g/mol. The number of carbonyl (C=O) groups excluding carboxylic acids is 1. The van der Waals surface area contributed by atoms with E-state index in [2.05, 4.69) is 46.4 Å². The van der Waals surface area contributed by atoms with Crippen molar-refractivity contribution in [3.63, 3.8) is 0 Å². The molecule has 5 nitrogen and oxygen atoms in total. The topological polar surface area (TPSA) is 64.1 Å². The van der Waals surface area contributed by atoms with Crippen molar-refractivity contribution in [3.8, 4) is 17.3 Å². The second-order valence-corrected chi connectivity index (χ2v) is 11.7. The fraction of sp³-hybridized carbons (Fsp3) is 0.235. The Bertz CT molecular complexity index is 870. The number of hydrogen-bond donors (Lipinski definition) is 1. The van der Waals surface area contributed by atoms with E-state index in [1.807, 2.05) is 6.07 Å². The Morgan fingerprint density at radius 3 is 2.64 bits per heavy atom. The molecule has 8 heteroatoms. The first kappa shape index (κ1) is 19.3. The zero-order valence-electron chi connectivity index (χ0n) is 14.3. The smallest absolute Gasteiger partial charge is 0.262 e. The summed E-state index contributed by atoms with van der Waals surface area (Å²) in [6, 6.07) is 5.29. The maximum atomic E-state index is 12.6. The molecular formula is C17H17Cl2N3O2Si. The molecule has 0 radical (unpaired) electrons. The first-order valence-electron chi connectivity index (χ1n) is 7.41. The van der Waals surface area contributed by atoms with Gasteiger partial charge in [-0.3, -0.25) is 4.79 Å². The number of hydrogen-bond acceptors (Lipinski definition) is 4. The van der Waals surface area contributed by atoms with Crippen LogP contribution in [0, 0.1) is 11.5 Å². The van der Waals surface area contributed by atoms with Gasteiger partial charge in [-0.25, -0.2) is 4.98 Å². The van der Waals surface area contributed by atoms with Crippen LogP contribution in [0.1, 0.15) is 15.9 Å². The fourth-order valence-corrected chi connectivity index (χ4v) is 2.71. The summed E-state index contributed by atoms with van der Waals surface area (Å²) in [6.07, 6.45) is 1.30. The van der Waals surface area contributed by atoms with Gasteiger partial charge in [-0.05, 0) is 23.7 Å². The highest BCUT2D eigenvalue weighted by molar-refractivity contribution is 6.83. The summed E-state index contributed by atoms with van der Waals surface area (Å²) < 4.78 is 5.09. The maximum absolute atomic E-state index is 12.6. The third-order valence-corrected chi connectivity index (χ3v) is 4.36. The van der Waals surface area contributed by atoms with E-state index >= 15 is 0 Å². The van der Waals surface area contributed by atoms with Crippen molar-refractivity contribution in [2.24, 2.45) is 0 Å². The molecule has 1 aromatic carbocycles. The minimum absolute atomic E-state index is 0.00663. The Morgan fingerprint density at radius 2 is 2.00 bits per heavy atom. The zero-order chi connectivity index (χ0) is 18.6. The third-order valence-electron chi connectivity index (χ3n) is 2.99. The minimum Gasteiger partial charge on any atom is -0.480 e. The molecule has 130 valence electrons. The summed E-state index contributed by atoms with van der Waals surface area (Å²) >= 11 is 12.0. The van der Waals surface area contributed by atoms with Gasteiger partial charge >= 0.3 is 0 Å². The molecule has 1 amide bonds. The molecule has 2 aromatic rings. The molecule has 0 saturated carbocycles. The van der Waals surface area contributed by atoms with Crippen LogP contribution in [0.25, 0.3) is 0 Å². The predicted octanol–water partition coefficient (Wildman–Crippen LogP) is 4.27. The van der Waals surface area contributed by atoms with Crippen LogP contribution in [0.4, 0.5) is 5.69 Å². The van der Waals surface area contributed by atoms with Crippen molar-refractivity contribution in [3.05, 3.63) is 45.8 Å². The van der Waals surface area contributed by atoms with E-state index in [0.29, 0.717) is 16.3 Å². The molecular weight excluding hydrogens is 377 g/mol. The second-order valence-electron chi connectivity index (χ2n) is 6.18. The molecule has 0 saturated heterocycles. The lowest BCUT2D eigenvalue weighted by Gasteiger charge is -2.12. The van der Waals surface area contributed by atoms with Crippen LogP contribution >= 0.6 is 23.2 Å². The Morgan fingerprint density at radius 1 is 1.28 bits per heavy atom. The summed E-state index contributed by atoms with van der Waals surface area (Å²) in [6.45, 7) is 6.41. The van der Waals surface area contributed by atoms with Crippen LogP contribution < -0.4 is 10.1 Å². The van der Waals surface area contributed by atoms with Gasteiger partial charge in [0.25, 0.3) is 5.91 Å². The number of benzene rings is 1. The number of halogens is 2. The van der Waals surface area contributed by atoms with E-state index in [1.54, 1.807) is 12.1 Å². The second kappa shape index (κ2) is 7.87. The van der Waals surface area contributed by atoms with Crippen molar-refractivity contribution in [1.29, 1.82) is 0 Å². The Kier molecular flexibility index (Phi) is 6.06. The van der Waals surface area contributed by atoms with E-state index in [4.69, 9.17) is 27.9 Å². The molecule has 0 aliphatic heterocycles. The standard InChI is InChI=1S/C17H17Cl2N3O2Si/c1-24-16-12(10-20-17(19)22-16)15(23)21-14-11(6-5-7-13(14)18)8-9-25(2,3)4/h5-7,10H,1-4H3,(H,21,23). The summed E-state index contributed by atoms with van der Waals surface area (Å²) in [4.78, 5) is 20.3. The summed E-state index contributed by atoms with van der Waals surface area (Å²) in [5.41, 5.74) is 4.50. The number of aromatic nitrogens is 2. The van der Waals surface area contributed by atoms with Crippen molar-refractivity contribution >= 4 is 42.9 Å². The number of anilines is 1. The first-order chi connectivity index (χ1) is 11.7. The van der Waals surface area contributed by atoms with Gasteiger partial charge in [0.15, 0.2) is 0 Å². The molecule has 2 rings (SSSR count). The average Bonchev–Trinajstić information content (AvgIpc) is 2.54. The van der Waals surface area contributed by atoms with E-state index in [9.17, 15) is 4.79 Å². The summed E-state index contributed by atoms with van der Waals surface area (Å²) in [5, 5.41) is 3.15. The highest BCUT2D eigenvalue weighted by atomic mass is 35.5. The normalized spacial score (nSPS) is 10.6. The van der Waals surface area contributed by atoms with E-state index < -0.39 is 14.0 Å². The van der Waals surface area contributed by atoms with Gasteiger partial charge in [0.05, 0.1) is 17.8 Å². The lowest BCUT2D eigenvalue weighted by atomic mass is 10.1. The fourth-order valence-electron chi connectivity index (χ4n) is 1.85. The molecule has 1 N–H and O–H groups in total. The van der Waals surface area contributed by atoms with Gasteiger partial charge in [0.1, 0.15) is 13.6 Å².